The molecule has 2 aromatic carbocycles. The number of nitrogens with zero attached hydrogens (tertiary/aromatic N) is 1. The van der Waals surface area contributed by atoms with E-state index in [-0.39, 0.29) is 6.04 Å². The molecule has 106 valence electrons. The van der Waals surface area contributed by atoms with Crippen molar-refractivity contribution in [2.75, 3.05) is 25.1 Å². The first kappa shape index (κ1) is 13.9. The van der Waals surface area contributed by atoms with Gasteiger partial charge in [-0.3, -0.25) is 0 Å². The third kappa shape index (κ3) is 2.85. The van der Waals surface area contributed by atoms with E-state index in [9.17, 15) is 0 Å². The molecule has 1 aliphatic rings. The van der Waals surface area contributed by atoms with E-state index in [4.69, 9.17) is 5.73 Å². The number of fused-ring (bicyclic) bond motifs is 1. The van der Waals surface area contributed by atoms with Gasteiger partial charge in [0.1, 0.15) is 0 Å². The fraction of sp³-hybridized carbons (Fsp3) is 0.412. The standard InChI is InChI=1S/C17H22N2S/c1-19-9-10-20-12-17(19)16(18)11-14-7-4-6-13-5-2-3-8-15(13)14/h2-8,16-17H,9-12,18H2,1H3. The van der Waals surface area contributed by atoms with E-state index in [1.165, 1.54) is 22.1 Å². The maximum Gasteiger partial charge on any atom is 0.0338 e. The Hall–Kier alpha value is -1.03. The Kier molecular flexibility index (Phi) is 4.29. The molecule has 0 radical (unpaired) electrons. The Bertz CT molecular complexity index is 579. The van der Waals surface area contributed by atoms with Crippen LogP contribution < -0.4 is 5.73 Å². The van der Waals surface area contributed by atoms with Crippen molar-refractivity contribution in [1.82, 2.24) is 4.90 Å². The monoisotopic (exact) mass is 286 g/mol. The van der Waals surface area contributed by atoms with Crippen molar-refractivity contribution >= 4 is 22.5 Å². The van der Waals surface area contributed by atoms with Gasteiger partial charge in [0.25, 0.3) is 0 Å². The van der Waals surface area contributed by atoms with Crippen LogP contribution in [0, 0.1) is 0 Å². The van der Waals surface area contributed by atoms with Gasteiger partial charge in [-0.1, -0.05) is 42.5 Å². The summed E-state index contributed by atoms with van der Waals surface area (Å²) in [6, 6.07) is 15.8. The van der Waals surface area contributed by atoms with Gasteiger partial charge in [0.2, 0.25) is 0 Å². The molecule has 2 aromatic rings. The molecule has 2 nitrogen and oxygen atoms in total. The summed E-state index contributed by atoms with van der Waals surface area (Å²) in [6.07, 6.45) is 0.955. The minimum atomic E-state index is 0.207. The summed E-state index contributed by atoms with van der Waals surface area (Å²) in [5.41, 5.74) is 7.88. The molecule has 1 saturated heterocycles. The van der Waals surface area contributed by atoms with Crippen molar-refractivity contribution < 1.29 is 0 Å². The highest BCUT2D eigenvalue weighted by Crippen LogP contribution is 2.23. The molecule has 2 unspecified atom stereocenters. The summed E-state index contributed by atoms with van der Waals surface area (Å²) in [5, 5.41) is 2.65. The molecule has 1 aliphatic heterocycles. The smallest absolute Gasteiger partial charge is 0.0338 e. The third-order valence-corrected chi connectivity index (χ3v) is 5.32. The molecular weight excluding hydrogens is 264 g/mol. The highest BCUT2D eigenvalue weighted by Gasteiger charge is 2.25. The fourth-order valence-corrected chi connectivity index (χ4v) is 4.34. The summed E-state index contributed by atoms with van der Waals surface area (Å²) in [7, 11) is 2.20. The number of nitrogens with two attached hydrogens (primary N) is 1. The average Bonchev–Trinajstić information content (AvgIpc) is 2.48. The first-order chi connectivity index (χ1) is 9.75. The van der Waals surface area contributed by atoms with Crippen molar-refractivity contribution in [2.24, 2.45) is 5.73 Å². The van der Waals surface area contributed by atoms with Crippen LogP contribution in [0.25, 0.3) is 10.8 Å². The Labute approximate surface area is 125 Å². The van der Waals surface area contributed by atoms with Crippen LogP contribution in [0.1, 0.15) is 5.56 Å². The van der Waals surface area contributed by atoms with E-state index in [1.807, 2.05) is 11.8 Å². The zero-order valence-corrected chi connectivity index (χ0v) is 12.8. The SMILES string of the molecule is CN1CCSCC1C(N)Cc1cccc2ccccc12. The van der Waals surface area contributed by atoms with E-state index in [2.05, 4.69) is 54.4 Å². The largest absolute Gasteiger partial charge is 0.326 e. The van der Waals surface area contributed by atoms with Crippen LogP contribution in [0.5, 0.6) is 0 Å². The molecule has 1 fully saturated rings. The molecule has 0 aliphatic carbocycles. The van der Waals surface area contributed by atoms with Gasteiger partial charge >= 0.3 is 0 Å². The van der Waals surface area contributed by atoms with Gasteiger partial charge in [-0.05, 0) is 29.8 Å². The van der Waals surface area contributed by atoms with Gasteiger partial charge in [0, 0.05) is 30.1 Å². The van der Waals surface area contributed by atoms with Gasteiger partial charge < -0.3 is 10.6 Å². The normalized spacial score (nSPS) is 22.0. The van der Waals surface area contributed by atoms with E-state index in [0.29, 0.717) is 6.04 Å². The van der Waals surface area contributed by atoms with Crippen LogP contribution in [0.15, 0.2) is 42.5 Å². The molecule has 0 amide bonds. The number of rotatable bonds is 3. The zero-order valence-electron chi connectivity index (χ0n) is 12.0. The van der Waals surface area contributed by atoms with Gasteiger partial charge in [0.15, 0.2) is 0 Å². The second kappa shape index (κ2) is 6.17. The fourth-order valence-electron chi connectivity index (χ4n) is 3.02. The molecule has 20 heavy (non-hydrogen) atoms. The molecule has 0 spiro atoms. The number of benzene rings is 2. The van der Waals surface area contributed by atoms with Crippen LogP contribution in [0.4, 0.5) is 0 Å². The van der Waals surface area contributed by atoms with Gasteiger partial charge in [-0.15, -0.1) is 0 Å². The molecule has 0 saturated carbocycles. The maximum absolute atomic E-state index is 6.51. The molecule has 0 bridgehead atoms. The second-order valence-electron chi connectivity index (χ2n) is 5.63. The average molecular weight is 286 g/mol. The molecule has 3 heteroatoms. The zero-order chi connectivity index (χ0) is 13.9. The summed E-state index contributed by atoms with van der Waals surface area (Å²) < 4.78 is 0. The summed E-state index contributed by atoms with van der Waals surface area (Å²) >= 11 is 2.03. The van der Waals surface area contributed by atoms with Crippen LogP contribution in [0.2, 0.25) is 0 Å². The minimum absolute atomic E-state index is 0.207. The number of likely N-dealkylation sites (N-methyl/N-ethyl adjacent to an activating group) is 1. The second-order valence-corrected chi connectivity index (χ2v) is 6.78. The lowest BCUT2D eigenvalue weighted by Gasteiger charge is -2.36. The van der Waals surface area contributed by atoms with Crippen molar-refractivity contribution in [3.05, 3.63) is 48.0 Å². The van der Waals surface area contributed by atoms with E-state index in [1.54, 1.807) is 0 Å². The van der Waals surface area contributed by atoms with Crippen molar-refractivity contribution in [2.45, 2.75) is 18.5 Å². The van der Waals surface area contributed by atoms with E-state index >= 15 is 0 Å². The summed E-state index contributed by atoms with van der Waals surface area (Å²) in [5.74, 6) is 2.39. The van der Waals surface area contributed by atoms with Crippen LogP contribution in [-0.4, -0.2) is 42.1 Å². The lowest BCUT2D eigenvalue weighted by atomic mass is 9.95. The third-order valence-electron chi connectivity index (χ3n) is 4.27. The predicted octanol–water partition coefficient (Wildman–Crippen LogP) is 2.76. The Morgan fingerprint density at radius 3 is 2.90 bits per heavy atom. The molecular formula is C17H22N2S. The molecule has 1 heterocycles. The number of hydrogen-bond donors (Lipinski definition) is 1. The lowest BCUT2D eigenvalue weighted by molar-refractivity contribution is 0.235. The highest BCUT2D eigenvalue weighted by atomic mass is 32.2. The van der Waals surface area contributed by atoms with Gasteiger partial charge in [-0.25, -0.2) is 0 Å². The summed E-state index contributed by atoms with van der Waals surface area (Å²) in [6.45, 7) is 1.15. The lowest BCUT2D eigenvalue weighted by Crippen LogP contribution is -2.51. The van der Waals surface area contributed by atoms with Crippen LogP contribution in [-0.2, 0) is 6.42 Å². The summed E-state index contributed by atoms with van der Waals surface area (Å²) in [4.78, 5) is 2.42. The Morgan fingerprint density at radius 1 is 1.25 bits per heavy atom. The quantitative estimate of drug-likeness (QED) is 0.941. The van der Waals surface area contributed by atoms with Gasteiger partial charge in [-0.2, -0.15) is 11.8 Å². The highest BCUT2D eigenvalue weighted by molar-refractivity contribution is 7.99. The maximum atomic E-state index is 6.51. The van der Waals surface area contributed by atoms with Crippen molar-refractivity contribution in [1.29, 1.82) is 0 Å². The van der Waals surface area contributed by atoms with Crippen LogP contribution >= 0.6 is 11.8 Å². The van der Waals surface area contributed by atoms with Gasteiger partial charge in [0.05, 0.1) is 0 Å². The topological polar surface area (TPSA) is 29.3 Å². The van der Waals surface area contributed by atoms with Crippen molar-refractivity contribution in [3.8, 4) is 0 Å². The molecule has 2 N–H and O–H groups in total. The first-order valence-electron chi connectivity index (χ1n) is 7.26. The Balaban J connectivity index is 1.82. The minimum Gasteiger partial charge on any atom is -0.326 e. The van der Waals surface area contributed by atoms with Crippen LogP contribution in [0.3, 0.4) is 0 Å². The molecule has 3 rings (SSSR count). The molecule has 0 aromatic heterocycles. The number of thioether (sulfide) groups is 1. The van der Waals surface area contributed by atoms with E-state index in [0.717, 1.165) is 18.7 Å². The predicted molar refractivity (Wildman–Crippen MR) is 89.4 cm³/mol. The number of hydrogen-bond acceptors (Lipinski definition) is 3. The first-order valence-corrected chi connectivity index (χ1v) is 8.41. The van der Waals surface area contributed by atoms with E-state index < -0.39 is 0 Å². The van der Waals surface area contributed by atoms with Crippen molar-refractivity contribution in [3.63, 3.8) is 0 Å². The Morgan fingerprint density at radius 2 is 2.05 bits per heavy atom. The molecule has 2 atom stereocenters.